The molecule has 7 heteroatoms. The van der Waals surface area contributed by atoms with Crippen molar-refractivity contribution in [2.24, 2.45) is 11.7 Å². The van der Waals surface area contributed by atoms with E-state index < -0.39 is 5.60 Å². The van der Waals surface area contributed by atoms with Gasteiger partial charge in [-0.2, -0.15) is 0 Å². The Morgan fingerprint density at radius 1 is 1.19 bits per heavy atom. The van der Waals surface area contributed by atoms with Gasteiger partial charge in [-0.15, -0.1) is 0 Å². The maximum Gasteiger partial charge on any atom is 0.231 e. The number of primary amides is 1. The normalized spacial score (nSPS) is 28.3. The number of amides is 1. The van der Waals surface area contributed by atoms with E-state index in [9.17, 15) is 9.90 Å². The van der Waals surface area contributed by atoms with Crippen LogP contribution in [0.5, 0.6) is 17.2 Å². The molecule has 3 N–H and O–H groups in total. The first kappa shape index (κ1) is 19.8. The van der Waals surface area contributed by atoms with Gasteiger partial charge in [-0.1, -0.05) is 12.8 Å². The van der Waals surface area contributed by atoms with Crippen LogP contribution >= 0.6 is 0 Å². The van der Waals surface area contributed by atoms with Crippen molar-refractivity contribution in [1.29, 1.82) is 0 Å². The van der Waals surface area contributed by atoms with Gasteiger partial charge >= 0.3 is 0 Å². The van der Waals surface area contributed by atoms with E-state index in [-0.39, 0.29) is 24.4 Å². The Hall–Kier alpha value is -1.99. The summed E-state index contributed by atoms with van der Waals surface area (Å²) in [6.07, 6.45) is 4.46. The molecule has 0 aromatic heterocycles. The predicted molar refractivity (Wildman–Crippen MR) is 101 cm³/mol. The van der Waals surface area contributed by atoms with Crippen molar-refractivity contribution in [3.8, 4) is 17.2 Å². The van der Waals surface area contributed by atoms with Crippen LogP contribution in [0, 0.1) is 5.92 Å². The van der Waals surface area contributed by atoms with E-state index >= 15 is 0 Å². The Morgan fingerprint density at radius 2 is 1.85 bits per heavy atom. The lowest BCUT2D eigenvalue weighted by atomic mass is 9.66. The zero-order valence-corrected chi connectivity index (χ0v) is 16.4. The number of hydrogen-bond donors (Lipinski definition) is 2. The molecule has 3 atom stereocenters. The number of rotatable bonds is 6. The summed E-state index contributed by atoms with van der Waals surface area (Å²) >= 11 is 0. The molecule has 1 heterocycles. The Bertz CT molecular complexity index is 670. The minimum Gasteiger partial charge on any atom is -0.493 e. The summed E-state index contributed by atoms with van der Waals surface area (Å²) in [6, 6.07) is 3.70. The van der Waals surface area contributed by atoms with Crippen molar-refractivity contribution in [3.05, 3.63) is 17.7 Å². The minimum atomic E-state index is -0.711. The van der Waals surface area contributed by atoms with Crippen LogP contribution in [0.2, 0.25) is 0 Å². The summed E-state index contributed by atoms with van der Waals surface area (Å²) < 4.78 is 16.5. The van der Waals surface area contributed by atoms with Gasteiger partial charge in [0.15, 0.2) is 11.5 Å². The second-order valence-corrected chi connectivity index (χ2v) is 7.55. The lowest BCUT2D eigenvalue weighted by Gasteiger charge is -2.52. The van der Waals surface area contributed by atoms with E-state index in [1.807, 2.05) is 12.1 Å². The van der Waals surface area contributed by atoms with Crippen molar-refractivity contribution < 1.29 is 24.1 Å². The molecule has 0 spiro atoms. The minimum absolute atomic E-state index is 0.0298. The topological polar surface area (TPSA) is 94.2 Å². The molecule has 3 rings (SSSR count). The van der Waals surface area contributed by atoms with Crippen LogP contribution in [0.25, 0.3) is 0 Å². The zero-order chi connectivity index (χ0) is 19.6. The van der Waals surface area contributed by atoms with Gasteiger partial charge in [-0.25, -0.2) is 0 Å². The number of piperidine rings is 1. The van der Waals surface area contributed by atoms with Crippen LogP contribution in [0.1, 0.15) is 43.7 Å². The summed E-state index contributed by atoms with van der Waals surface area (Å²) in [5, 5.41) is 11.3. The van der Waals surface area contributed by atoms with Gasteiger partial charge in [0.05, 0.1) is 33.5 Å². The average Bonchev–Trinajstić information content (AvgIpc) is 2.66. The molecule has 1 saturated carbocycles. The molecule has 7 nitrogen and oxygen atoms in total. The summed E-state index contributed by atoms with van der Waals surface area (Å²) in [7, 11) is 4.74. The monoisotopic (exact) mass is 378 g/mol. The van der Waals surface area contributed by atoms with E-state index in [4.69, 9.17) is 19.9 Å². The highest BCUT2D eigenvalue weighted by molar-refractivity contribution is 5.76. The summed E-state index contributed by atoms with van der Waals surface area (Å²) in [4.78, 5) is 13.8. The molecule has 1 saturated heterocycles. The number of ether oxygens (including phenoxy) is 3. The van der Waals surface area contributed by atoms with Gasteiger partial charge in [0, 0.05) is 18.5 Å². The molecule has 27 heavy (non-hydrogen) atoms. The van der Waals surface area contributed by atoms with Gasteiger partial charge in [0.25, 0.3) is 0 Å². The van der Waals surface area contributed by atoms with Crippen LogP contribution in [-0.2, 0) is 4.79 Å². The number of carbonyl (C=O) groups excluding carboxylic acids is 1. The van der Waals surface area contributed by atoms with Crippen LogP contribution in [0.15, 0.2) is 12.1 Å². The van der Waals surface area contributed by atoms with E-state index in [0.717, 1.165) is 31.2 Å². The van der Waals surface area contributed by atoms with Gasteiger partial charge in [0.1, 0.15) is 0 Å². The molecule has 0 unspecified atom stereocenters. The Kier molecular flexibility index (Phi) is 5.81. The molecule has 1 aromatic carbocycles. The number of likely N-dealkylation sites (tertiary alicyclic amines) is 1. The maximum absolute atomic E-state index is 11.7. The van der Waals surface area contributed by atoms with E-state index in [0.29, 0.717) is 30.2 Å². The van der Waals surface area contributed by atoms with Crippen molar-refractivity contribution in [1.82, 2.24) is 4.90 Å². The number of benzene rings is 1. The lowest BCUT2D eigenvalue weighted by molar-refractivity contribution is -0.136. The van der Waals surface area contributed by atoms with Crippen molar-refractivity contribution in [2.75, 3.05) is 34.4 Å². The highest BCUT2D eigenvalue weighted by Gasteiger charge is 2.49. The summed E-state index contributed by atoms with van der Waals surface area (Å²) in [6.45, 7) is 0.783. The molecule has 0 bridgehead atoms. The number of aliphatic hydroxyl groups is 1. The molecule has 1 aliphatic carbocycles. The Balaban J connectivity index is 2.09. The second kappa shape index (κ2) is 7.94. The fraction of sp³-hybridized carbons (Fsp3) is 0.650. The first-order valence-corrected chi connectivity index (χ1v) is 9.48. The van der Waals surface area contributed by atoms with Crippen molar-refractivity contribution in [3.63, 3.8) is 0 Å². The molecule has 1 aliphatic heterocycles. The van der Waals surface area contributed by atoms with Gasteiger partial charge < -0.3 is 25.1 Å². The third kappa shape index (κ3) is 3.71. The largest absolute Gasteiger partial charge is 0.493 e. The predicted octanol–water partition coefficient (Wildman–Crippen LogP) is 1.87. The fourth-order valence-electron chi connectivity index (χ4n) is 4.84. The van der Waals surface area contributed by atoms with E-state index in [2.05, 4.69) is 4.90 Å². The molecule has 1 aromatic rings. The third-order valence-electron chi connectivity index (χ3n) is 6.06. The number of nitrogens with two attached hydrogens (primary N) is 1. The van der Waals surface area contributed by atoms with E-state index in [1.54, 1.807) is 21.3 Å². The number of carbonyl (C=O) groups is 1. The zero-order valence-electron chi connectivity index (χ0n) is 16.4. The number of methoxy groups -OCH3 is 3. The maximum atomic E-state index is 11.7. The standard InChI is InChI=1S/C20H30N2O5/c1-25-15-10-13(11-16(26-2)19(15)27-3)18-14-6-4-5-7-20(14,24)8-9-22(18)12-17(21)23/h10-11,14,18,24H,4-9,12H2,1-3H3,(H2,21,23)/t14-,18+,20-/m1/s1. The first-order valence-electron chi connectivity index (χ1n) is 9.48. The van der Waals surface area contributed by atoms with Crippen molar-refractivity contribution >= 4 is 5.91 Å². The van der Waals surface area contributed by atoms with Gasteiger partial charge in [-0.3, -0.25) is 9.69 Å². The number of nitrogens with zero attached hydrogens (tertiary/aromatic N) is 1. The number of fused-ring (bicyclic) bond motifs is 1. The summed E-state index contributed by atoms with van der Waals surface area (Å²) in [5.41, 5.74) is 5.74. The molecular formula is C20H30N2O5. The smallest absolute Gasteiger partial charge is 0.231 e. The third-order valence-corrected chi connectivity index (χ3v) is 6.06. The molecule has 1 amide bonds. The Labute approximate surface area is 160 Å². The van der Waals surface area contributed by atoms with Crippen molar-refractivity contribution in [2.45, 2.75) is 43.7 Å². The fourth-order valence-corrected chi connectivity index (χ4v) is 4.84. The highest BCUT2D eigenvalue weighted by atomic mass is 16.5. The summed E-state index contributed by atoms with van der Waals surface area (Å²) in [5.74, 6) is 1.32. The molecule has 150 valence electrons. The second-order valence-electron chi connectivity index (χ2n) is 7.55. The van der Waals surface area contributed by atoms with E-state index in [1.165, 1.54) is 0 Å². The number of hydrogen-bond acceptors (Lipinski definition) is 6. The average molecular weight is 378 g/mol. The van der Waals surface area contributed by atoms with Gasteiger partial charge in [0.2, 0.25) is 11.7 Å². The first-order chi connectivity index (χ1) is 12.9. The van der Waals surface area contributed by atoms with Crippen LogP contribution in [0.3, 0.4) is 0 Å². The molecule has 0 radical (unpaired) electrons. The van der Waals surface area contributed by atoms with Gasteiger partial charge in [-0.05, 0) is 37.0 Å². The highest BCUT2D eigenvalue weighted by Crippen LogP contribution is 2.51. The Morgan fingerprint density at radius 3 is 2.41 bits per heavy atom. The molecule has 2 fully saturated rings. The van der Waals surface area contributed by atoms with Crippen LogP contribution in [-0.4, -0.2) is 55.9 Å². The molecular weight excluding hydrogens is 348 g/mol. The SMILES string of the molecule is COc1cc([C@H]2[C@H]3CCCC[C@@]3(O)CCN2CC(N)=O)cc(OC)c1OC. The quantitative estimate of drug-likeness (QED) is 0.785. The molecule has 2 aliphatic rings. The van der Waals surface area contributed by atoms with Crippen LogP contribution < -0.4 is 19.9 Å². The lowest BCUT2D eigenvalue weighted by Crippen LogP contribution is -2.56. The van der Waals surface area contributed by atoms with Crippen LogP contribution in [0.4, 0.5) is 0 Å².